The molecule has 1 aromatic rings. The summed E-state index contributed by atoms with van der Waals surface area (Å²) in [5.41, 5.74) is 1.32. The number of halogens is 2. The Bertz CT molecular complexity index is 561. The summed E-state index contributed by atoms with van der Waals surface area (Å²) < 4.78 is 12.2. The van der Waals surface area contributed by atoms with E-state index in [9.17, 15) is 0 Å². The molecule has 0 spiro atoms. The lowest BCUT2D eigenvalue weighted by molar-refractivity contribution is 0.0888. The third kappa shape index (κ3) is 9.11. The number of guanidine groups is 1. The fourth-order valence-corrected chi connectivity index (χ4v) is 3.14. The van der Waals surface area contributed by atoms with Gasteiger partial charge in [0.05, 0.1) is 13.2 Å². The highest BCUT2D eigenvalue weighted by molar-refractivity contribution is 14.0. The normalized spacial score (nSPS) is 17.5. The molecule has 7 heteroatoms. The van der Waals surface area contributed by atoms with E-state index < -0.39 is 0 Å². The molecule has 1 unspecified atom stereocenters. The topological polar surface area (TPSA) is 54.9 Å². The molecule has 0 saturated carbocycles. The van der Waals surface area contributed by atoms with E-state index in [1.165, 1.54) is 5.56 Å². The van der Waals surface area contributed by atoms with Gasteiger partial charge in [0.15, 0.2) is 5.96 Å². The Morgan fingerprint density at radius 3 is 2.67 bits per heavy atom. The highest BCUT2D eigenvalue weighted by Crippen LogP contribution is 2.23. The van der Waals surface area contributed by atoms with Gasteiger partial charge in [0.2, 0.25) is 0 Å². The van der Waals surface area contributed by atoms with Crippen LogP contribution in [0.2, 0.25) is 0 Å². The second-order valence-corrected chi connectivity index (χ2v) is 8.32. The van der Waals surface area contributed by atoms with Crippen LogP contribution in [-0.2, 0) is 14.9 Å². The van der Waals surface area contributed by atoms with E-state index in [-0.39, 0.29) is 29.4 Å². The molecule has 0 bridgehead atoms. The van der Waals surface area contributed by atoms with E-state index in [0.29, 0.717) is 5.92 Å². The minimum Gasteiger partial charge on any atom is -0.381 e. The fourth-order valence-electron chi connectivity index (χ4n) is 2.87. The van der Waals surface area contributed by atoms with Crippen molar-refractivity contribution in [3.63, 3.8) is 0 Å². The first-order valence-electron chi connectivity index (χ1n) is 9.37. The second-order valence-electron chi connectivity index (χ2n) is 7.40. The van der Waals surface area contributed by atoms with E-state index in [1.807, 2.05) is 0 Å². The van der Waals surface area contributed by atoms with Crippen LogP contribution in [0.4, 0.5) is 0 Å². The van der Waals surface area contributed by atoms with Gasteiger partial charge in [-0.2, -0.15) is 0 Å². The highest BCUT2D eigenvalue weighted by Gasteiger charge is 2.20. The van der Waals surface area contributed by atoms with Crippen LogP contribution < -0.4 is 10.6 Å². The van der Waals surface area contributed by atoms with Crippen LogP contribution in [0.3, 0.4) is 0 Å². The van der Waals surface area contributed by atoms with Gasteiger partial charge in [-0.1, -0.05) is 41.9 Å². The van der Waals surface area contributed by atoms with Gasteiger partial charge in [-0.05, 0) is 30.5 Å². The van der Waals surface area contributed by atoms with E-state index in [0.717, 1.165) is 62.8 Å². The third-order valence-corrected chi connectivity index (χ3v) is 5.21. The Labute approximate surface area is 189 Å². The lowest BCUT2D eigenvalue weighted by Crippen LogP contribution is -2.43. The summed E-state index contributed by atoms with van der Waals surface area (Å²) in [6.07, 6.45) is 2.09. The second kappa shape index (κ2) is 13.0. The molecule has 0 radical (unpaired) electrons. The molecule has 2 rings (SSSR count). The molecule has 0 aliphatic carbocycles. The van der Waals surface area contributed by atoms with Gasteiger partial charge in [0.25, 0.3) is 0 Å². The molecule has 1 aliphatic rings. The van der Waals surface area contributed by atoms with Gasteiger partial charge >= 0.3 is 0 Å². The smallest absolute Gasteiger partial charge is 0.191 e. The van der Waals surface area contributed by atoms with Crippen molar-refractivity contribution in [2.75, 3.05) is 46.6 Å². The minimum absolute atomic E-state index is 0. The Morgan fingerprint density at radius 2 is 2.04 bits per heavy atom. The van der Waals surface area contributed by atoms with Crippen LogP contribution in [-0.4, -0.2) is 52.5 Å². The molecule has 5 nitrogen and oxygen atoms in total. The van der Waals surface area contributed by atoms with E-state index in [4.69, 9.17) is 9.47 Å². The zero-order valence-corrected chi connectivity index (χ0v) is 20.5. The average molecular weight is 554 g/mol. The number of hydrogen-bond donors (Lipinski definition) is 2. The molecular weight excluding hydrogens is 521 g/mol. The molecule has 0 aromatic heterocycles. The van der Waals surface area contributed by atoms with E-state index in [2.05, 4.69) is 69.7 Å². The molecule has 1 atom stereocenters. The number of hydrogen-bond acceptors (Lipinski definition) is 3. The number of rotatable bonds is 9. The average Bonchev–Trinajstić information content (AvgIpc) is 3.14. The van der Waals surface area contributed by atoms with Gasteiger partial charge < -0.3 is 20.1 Å². The predicted molar refractivity (Wildman–Crippen MR) is 126 cm³/mol. The van der Waals surface area contributed by atoms with E-state index >= 15 is 0 Å². The van der Waals surface area contributed by atoms with Crippen LogP contribution in [0.5, 0.6) is 0 Å². The van der Waals surface area contributed by atoms with Crippen LogP contribution in [0, 0.1) is 5.92 Å². The van der Waals surface area contributed by atoms with Crippen molar-refractivity contribution in [2.24, 2.45) is 10.9 Å². The lowest BCUT2D eigenvalue weighted by atomic mass is 9.85. The van der Waals surface area contributed by atoms with Crippen molar-refractivity contribution in [1.29, 1.82) is 0 Å². The fraction of sp³-hybridized carbons (Fsp3) is 0.650. The van der Waals surface area contributed by atoms with Crippen molar-refractivity contribution < 1.29 is 9.47 Å². The zero-order valence-electron chi connectivity index (χ0n) is 16.6. The maximum atomic E-state index is 5.73. The van der Waals surface area contributed by atoms with Crippen molar-refractivity contribution in [1.82, 2.24) is 10.6 Å². The van der Waals surface area contributed by atoms with Crippen molar-refractivity contribution in [2.45, 2.75) is 32.1 Å². The van der Waals surface area contributed by atoms with Gasteiger partial charge in [-0.15, -0.1) is 24.0 Å². The number of benzene rings is 1. The SMILES string of the molecule is CN=C(NCCCOCC1CCOC1)NCC(C)(C)c1ccc(Br)cc1.I. The van der Waals surface area contributed by atoms with Gasteiger partial charge in [0.1, 0.15) is 0 Å². The highest BCUT2D eigenvalue weighted by atomic mass is 127. The zero-order chi connectivity index (χ0) is 18.8. The van der Waals surface area contributed by atoms with Crippen LogP contribution in [0.15, 0.2) is 33.7 Å². The molecule has 154 valence electrons. The van der Waals surface area contributed by atoms with Gasteiger partial charge in [-0.25, -0.2) is 0 Å². The third-order valence-electron chi connectivity index (χ3n) is 4.68. The minimum atomic E-state index is 0. The first-order chi connectivity index (χ1) is 12.5. The molecule has 27 heavy (non-hydrogen) atoms. The van der Waals surface area contributed by atoms with Crippen LogP contribution in [0.25, 0.3) is 0 Å². The molecule has 1 heterocycles. The van der Waals surface area contributed by atoms with Gasteiger partial charge in [0, 0.05) is 49.2 Å². The number of aliphatic imine (C=N–C) groups is 1. The van der Waals surface area contributed by atoms with Crippen LogP contribution >= 0.6 is 39.9 Å². The Balaban J connectivity index is 0.00000364. The largest absolute Gasteiger partial charge is 0.381 e. The van der Waals surface area contributed by atoms with Crippen molar-refractivity contribution in [3.8, 4) is 0 Å². The number of nitrogens with one attached hydrogen (secondary N) is 2. The summed E-state index contributed by atoms with van der Waals surface area (Å²) in [6, 6.07) is 8.49. The molecule has 2 N–H and O–H groups in total. The molecule has 0 amide bonds. The molecule has 1 aliphatic heterocycles. The molecule has 1 aromatic carbocycles. The Hall–Kier alpha value is -0.380. The first-order valence-corrected chi connectivity index (χ1v) is 10.2. The summed E-state index contributed by atoms with van der Waals surface area (Å²) >= 11 is 3.49. The monoisotopic (exact) mass is 553 g/mol. The molecule has 1 saturated heterocycles. The van der Waals surface area contributed by atoms with Gasteiger partial charge in [-0.3, -0.25) is 4.99 Å². The molecular formula is C20H33BrIN3O2. The summed E-state index contributed by atoms with van der Waals surface area (Å²) in [4.78, 5) is 4.31. The molecule has 1 fully saturated rings. The number of nitrogens with zero attached hydrogens (tertiary/aromatic N) is 1. The Morgan fingerprint density at radius 1 is 1.30 bits per heavy atom. The summed E-state index contributed by atoms with van der Waals surface area (Å²) in [5, 5.41) is 6.79. The summed E-state index contributed by atoms with van der Waals surface area (Å²) in [7, 11) is 1.80. The van der Waals surface area contributed by atoms with Crippen molar-refractivity contribution in [3.05, 3.63) is 34.3 Å². The summed E-state index contributed by atoms with van der Waals surface area (Å²) in [6.45, 7) is 9.44. The lowest BCUT2D eigenvalue weighted by Gasteiger charge is -2.27. The predicted octanol–water partition coefficient (Wildman–Crippen LogP) is 3.95. The quantitative estimate of drug-likeness (QED) is 0.210. The standard InChI is InChI=1S/C20H32BrN3O2.HI/c1-20(2,17-5-7-18(21)8-6-17)15-24-19(22-3)23-10-4-11-25-13-16-9-12-26-14-16;/h5-8,16H,4,9-15H2,1-3H3,(H2,22,23,24);1H. The Kier molecular flexibility index (Phi) is 11.8. The maximum absolute atomic E-state index is 5.73. The summed E-state index contributed by atoms with van der Waals surface area (Å²) in [5.74, 6) is 1.41. The maximum Gasteiger partial charge on any atom is 0.191 e. The van der Waals surface area contributed by atoms with Crippen molar-refractivity contribution >= 4 is 45.9 Å². The number of ether oxygens (including phenoxy) is 2. The van der Waals surface area contributed by atoms with Crippen LogP contribution in [0.1, 0.15) is 32.3 Å². The first kappa shape index (κ1) is 24.7. The van der Waals surface area contributed by atoms with E-state index in [1.54, 1.807) is 7.05 Å².